The van der Waals surface area contributed by atoms with Gasteiger partial charge in [0.15, 0.2) is 0 Å². The van der Waals surface area contributed by atoms with E-state index in [1.165, 1.54) is 33.0 Å². The largest absolute Gasteiger partial charge is 0.248 e. The van der Waals surface area contributed by atoms with Gasteiger partial charge in [-0.3, -0.25) is 0 Å². The number of benzene rings is 3. The lowest BCUT2D eigenvalue weighted by molar-refractivity contribution is 1.38. The SMILES string of the molecule is Cc1cccc(C)c1-c1c2ccccc2nc2ccccc12. The first-order chi connectivity index (χ1) is 10.8. The van der Waals surface area contributed by atoms with E-state index >= 15 is 0 Å². The van der Waals surface area contributed by atoms with Crippen LogP contribution >= 0.6 is 0 Å². The third-order valence-electron chi connectivity index (χ3n) is 4.32. The Morgan fingerprint density at radius 1 is 0.545 bits per heavy atom. The van der Waals surface area contributed by atoms with Crippen molar-refractivity contribution in [1.82, 2.24) is 4.98 Å². The summed E-state index contributed by atoms with van der Waals surface area (Å²) in [4.78, 5) is 4.82. The van der Waals surface area contributed by atoms with Crippen LogP contribution in [-0.2, 0) is 0 Å². The highest BCUT2D eigenvalue weighted by molar-refractivity contribution is 6.10. The maximum atomic E-state index is 4.82. The standard InChI is InChI=1S/C21H17N/c1-14-8-7-9-15(2)20(14)21-16-10-3-5-12-18(16)22-19-13-6-4-11-17(19)21/h3-13H,1-2H3. The van der Waals surface area contributed by atoms with Crippen LogP contribution in [0.2, 0.25) is 0 Å². The van der Waals surface area contributed by atoms with Crippen LogP contribution in [0.4, 0.5) is 0 Å². The molecule has 0 aliphatic rings. The molecule has 0 amide bonds. The molecule has 0 radical (unpaired) electrons. The van der Waals surface area contributed by atoms with Crippen molar-refractivity contribution in [3.05, 3.63) is 77.9 Å². The molecule has 1 nitrogen and oxygen atoms in total. The molecule has 1 heteroatoms. The molecule has 1 heterocycles. The number of hydrogen-bond donors (Lipinski definition) is 0. The summed E-state index contributed by atoms with van der Waals surface area (Å²) in [6, 6.07) is 23.3. The number of aryl methyl sites for hydroxylation is 2. The summed E-state index contributed by atoms with van der Waals surface area (Å²) in [7, 11) is 0. The predicted molar refractivity (Wildman–Crippen MR) is 94.2 cm³/mol. The number of fused-ring (bicyclic) bond motifs is 2. The molecule has 0 N–H and O–H groups in total. The van der Waals surface area contributed by atoms with E-state index in [1.807, 2.05) is 0 Å². The zero-order valence-electron chi connectivity index (χ0n) is 12.8. The topological polar surface area (TPSA) is 12.9 Å². The molecule has 0 unspecified atom stereocenters. The van der Waals surface area contributed by atoms with Crippen LogP contribution in [0.3, 0.4) is 0 Å². The summed E-state index contributed by atoms with van der Waals surface area (Å²) < 4.78 is 0. The van der Waals surface area contributed by atoms with E-state index in [4.69, 9.17) is 4.98 Å². The van der Waals surface area contributed by atoms with Gasteiger partial charge in [0.05, 0.1) is 11.0 Å². The molecule has 1 aromatic heterocycles. The van der Waals surface area contributed by atoms with E-state index < -0.39 is 0 Å². The molecular formula is C21H17N. The van der Waals surface area contributed by atoms with Crippen molar-refractivity contribution < 1.29 is 0 Å². The molecule has 0 aliphatic heterocycles. The Bertz CT molecular complexity index is 925. The summed E-state index contributed by atoms with van der Waals surface area (Å²) >= 11 is 0. The van der Waals surface area contributed by atoms with Crippen LogP contribution in [-0.4, -0.2) is 4.98 Å². The van der Waals surface area contributed by atoms with E-state index in [0.29, 0.717) is 0 Å². The number of hydrogen-bond acceptors (Lipinski definition) is 1. The number of aromatic nitrogens is 1. The molecule has 4 aromatic rings. The minimum Gasteiger partial charge on any atom is -0.248 e. The molecule has 0 fully saturated rings. The van der Waals surface area contributed by atoms with Gasteiger partial charge in [-0.25, -0.2) is 4.98 Å². The Morgan fingerprint density at radius 2 is 1.05 bits per heavy atom. The van der Waals surface area contributed by atoms with Gasteiger partial charge in [0.1, 0.15) is 0 Å². The highest BCUT2D eigenvalue weighted by atomic mass is 14.7. The Hall–Kier alpha value is -2.67. The lowest BCUT2D eigenvalue weighted by atomic mass is 9.90. The van der Waals surface area contributed by atoms with Crippen LogP contribution in [0.25, 0.3) is 32.9 Å². The smallest absolute Gasteiger partial charge is 0.0715 e. The maximum Gasteiger partial charge on any atom is 0.0715 e. The molecule has 3 aromatic carbocycles. The van der Waals surface area contributed by atoms with Crippen molar-refractivity contribution >= 4 is 21.8 Å². The van der Waals surface area contributed by atoms with E-state index in [9.17, 15) is 0 Å². The fourth-order valence-electron chi connectivity index (χ4n) is 3.32. The van der Waals surface area contributed by atoms with Gasteiger partial charge in [0, 0.05) is 16.3 Å². The summed E-state index contributed by atoms with van der Waals surface area (Å²) in [6.45, 7) is 4.37. The molecule has 0 aliphatic carbocycles. The van der Waals surface area contributed by atoms with E-state index in [-0.39, 0.29) is 0 Å². The third kappa shape index (κ3) is 1.90. The first kappa shape index (κ1) is 13.0. The lowest BCUT2D eigenvalue weighted by Gasteiger charge is -2.15. The molecule has 0 saturated heterocycles. The van der Waals surface area contributed by atoms with Gasteiger partial charge in [-0.1, -0.05) is 54.6 Å². The predicted octanol–water partition coefficient (Wildman–Crippen LogP) is 5.67. The number of para-hydroxylation sites is 2. The molecule has 0 saturated carbocycles. The van der Waals surface area contributed by atoms with Gasteiger partial charge < -0.3 is 0 Å². The summed E-state index contributed by atoms with van der Waals surface area (Å²) in [5, 5.41) is 2.44. The van der Waals surface area contributed by atoms with Gasteiger partial charge in [-0.05, 0) is 42.7 Å². The van der Waals surface area contributed by atoms with Gasteiger partial charge >= 0.3 is 0 Å². The van der Waals surface area contributed by atoms with E-state index in [2.05, 4.69) is 80.6 Å². The van der Waals surface area contributed by atoms with Crippen molar-refractivity contribution in [1.29, 1.82) is 0 Å². The number of nitrogens with zero attached hydrogens (tertiary/aromatic N) is 1. The molecule has 106 valence electrons. The summed E-state index contributed by atoms with van der Waals surface area (Å²) in [5.74, 6) is 0. The second-order valence-corrected chi connectivity index (χ2v) is 5.79. The van der Waals surface area contributed by atoms with Crippen molar-refractivity contribution in [2.45, 2.75) is 13.8 Å². The van der Waals surface area contributed by atoms with Crippen molar-refractivity contribution in [3.8, 4) is 11.1 Å². The Balaban J connectivity index is 2.27. The molecule has 22 heavy (non-hydrogen) atoms. The maximum absolute atomic E-state index is 4.82. The van der Waals surface area contributed by atoms with Crippen LogP contribution in [0.1, 0.15) is 11.1 Å². The molecule has 0 bridgehead atoms. The highest BCUT2D eigenvalue weighted by Crippen LogP contribution is 2.37. The minimum atomic E-state index is 1.05. The first-order valence-corrected chi connectivity index (χ1v) is 7.60. The fourth-order valence-corrected chi connectivity index (χ4v) is 3.32. The van der Waals surface area contributed by atoms with Crippen LogP contribution in [0.15, 0.2) is 66.7 Å². The second kappa shape index (κ2) is 4.96. The van der Waals surface area contributed by atoms with E-state index in [0.717, 1.165) is 11.0 Å². The zero-order valence-corrected chi connectivity index (χ0v) is 12.8. The van der Waals surface area contributed by atoms with Crippen LogP contribution in [0.5, 0.6) is 0 Å². The van der Waals surface area contributed by atoms with Crippen LogP contribution in [0, 0.1) is 13.8 Å². The van der Waals surface area contributed by atoms with Crippen LogP contribution < -0.4 is 0 Å². The van der Waals surface area contributed by atoms with E-state index in [1.54, 1.807) is 0 Å². The first-order valence-electron chi connectivity index (χ1n) is 7.60. The van der Waals surface area contributed by atoms with Gasteiger partial charge in [-0.2, -0.15) is 0 Å². The normalized spacial score (nSPS) is 11.2. The fraction of sp³-hybridized carbons (Fsp3) is 0.0952. The average molecular weight is 283 g/mol. The summed E-state index contributed by atoms with van der Waals surface area (Å²) in [6.07, 6.45) is 0. The Morgan fingerprint density at radius 3 is 1.59 bits per heavy atom. The third-order valence-corrected chi connectivity index (χ3v) is 4.32. The van der Waals surface area contributed by atoms with Crippen molar-refractivity contribution in [3.63, 3.8) is 0 Å². The van der Waals surface area contributed by atoms with Crippen molar-refractivity contribution in [2.24, 2.45) is 0 Å². The lowest BCUT2D eigenvalue weighted by Crippen LogP contribution is -1.93. The number of pyridine rings is 1. The quantitative estimate of drug-likeness (QED) is 0.410. The Kier molecular flexibility index (Phi) is 2.93. The zero-order chi connectivity index (χ0) is 15.1. The number of rotatable bonds is 1. The minimum absolute atomic E-state index is 1.05. The van der Waals surface area contributed by atoms with Gasteiger partial charge in [0.2, 0.25) is 0 Å². The average Bonchev–Trinajstić information content (AvgIpc) is 2.54. The van der Waals surface area contributed by atoms with Gasteiger partial charge in [-0.15, -0.1) is 0 Å². The van der Waals surface area contributed by atoms with Gasteiger partial charge in [0.25, 0.3) is 0 Å². The molecule has 4 rings (SSSR count). The second-order valence-electron chi connectivity index (χ2n) is 5.79. The van der Waals surface area contributed by atoms with Crippen molar-refractivity contribution in [2.75, 3.05) is 0 Å². The monoisotopic (exact) mass is 283 g/mol. The highest BCUT2D eigenvalue weighted by Gasteiger charge is 2.14. The molecule has 0 spiro atoms. The molecule has 0 atom stereocenters. The Labute approximate surface area is 130 Å². The summed E-state index contributed by atoms with van der Waals surface area (Å²) in [5.41, 5.74) is 7.36. The molecular weight excluding hydrogens is 266 g/mol.